The van der Waals surface area contributed by atoms with E-state index in [-0.39, 0.29) is 7.35 Å². The fraction of sp³-hybridized carbons (Fsp3) is 1.00. The van der Waals surface area contributed by atoms with E-state index in [1.54, 1.807) is 0 Å². The molecule has 0 aromatic rings. The molecule has 0 fully saturated rings. The highest BCUT2D eigenvalue weighted by Gasteiger charge is 2.51. The third kappa shape index (κ3) is 4.19. The highest BCUT2D eigenvalue weighted by atomic mass is 30.2. The van der Waals surface area contributed by atoms with Crippen molar-refractivity contribution in [2.24, 2.45) is 0 Å². The van der Waals surface area contributed by atoms with Crippen LogP contribution >= 0.6 is 0 Å². The zero-order chi connectivity index (χ0) is 18.6. The molecule has 0 aromatic carbocycles. The molecule has 0 heterocycles. The van der Waals surface area contributed by atoms with Gasteiger partial charge in [0, 0.05) is 22.8 Å². The smallest absolute Gasteiger partial charge is 0.00455 e. The Morgan fingerprint density at radius 3 is 0.545 bits per heavy atom. The number of hydrogen-bond acceptors (Lipinski definition) is 0. The van der Waals surface area contributed by atoms with Crippen LogP contribution in [0, 0.1) is 0 Å². The second-order valence-corrected chi connectivity index (χ2v) is 85.5. The third-order valence-corrected chi connectivity index (χ3v) is 142. The summed E-state index contributed by atoms with van der Waals surface area (Å²) in [6, 6.07) is 0. The summed E-state index contributed by atoms with van der Waals surface area (Å²) in [6.45, 7) is 41.6. The van der Waals surface area contributed by atoms with Crippen molar-refractivity contribution < 1.29 is 0 Å². The molecule has 0 atom stereocenters. The maximum Gasteiger partial charge on any atom is 0.00455 e. The summed E-state index contributed by atoms with van der Waals surface area (Å²) < 4.78 is 0. The largest absolute Gasteiger partial charge is 0.258 e. The minimum absolute atomic E-state index is 0.144. The topological polar surface area (TPSA) is 0 Å². The average molecular weight is 422 g/mol. The van der Waals surface area contributed by atoms with Crippen molar-refractivity contribution in [3.05, 3.63) is 0 Å². The normalized spacial score (nSPS) is 16.4. The molecule has 0 nitrogen and oxygen atoms in total. The molecule has 0 aliphatic carbocycles. The molecule has 0 N–H and O–H groups in total. The van der Waals surface area contributed by atoms with Gasteiger partial charge in [-0.1, -0.05) is 98.2 Å². The van der Waals surface area contributed by atoms with Crippen LogP contribution in [0.3, 0.4) is 0 Å². The van der Waals surface area contributed by atoms with Crippen molar-refractivity contribution in [3.8, 4) is 0 Å². The standard InChI is InChI=1S/C15H45Si7/c1-17(2,3)20(10,11)16(21(12,13)18(4,5)6)22(14,15)19(7,8)9/h1-15H3/q-1. The average Bonchev–Trinajstić information content (AvgIpc) is 2.09. The first-order valence-corrected chi connectivity index (χ1v) is 36.0. The lowest BCUT2D eigenvalue weighted by molar-refractivity contribution is 1.74. The van der Waals surface area contributed by atoms with Gasteiger partial charge in [0.25, 0.3) is 0 Å². The fourth-order valence-electron chi connectivity index (χ4n) is 3.47. The molecular formula is C15H45Si7-. The zero-order valence-corrected chi connectivity index (χ0v) is 25.5. The van der Waals surface area contributed by atoms with E-state index >= 15 is 0 Å². The Morgan fingerprint density at radius 2 is 0.455 bits per heavy atom. The number of hydrogen-bond donors (Lipinski definition) is 0. The summed E-state index contributed by atoms with van der Waals surface area (Å²) in [5.74, 6) is 0. The lowest BCUT2D eigenvalue weighted by atomic mass is 11.8. The van der Waals surface area contributed by atoms with Crippen LogP contribution in [0.5, 0.6) is 0 Å². The first kappa shape index (κ1) is 23.5. The van der Waals surface area contributed by atoms with Crippen molar-refractivity contribution in [2.45, 2.75) is 98.2 Å². The Kier molecular flexibility index (Phi) is 6.79. The van der Waals surface area contributed by atoms with E-state index < -0.39 is 44.1 Å². The summed E-state index contributed by atoms with van der Waals surface area (Å²) in [6.07, 6.45) is 0. The molecule has 0 bridgehead atoms. The van der Waals surface area contributed by atoms with Crippen LogP contribution in [-0.2, 0) is 0 Å². The monoisotopic (exact) mass is 421 g/mol. The molecule has 0 aliphatic rings. The first-order chi connectivity index (χ1) is 9.12. The van der Waals surface area contributed by atoms with Crippen LogP contribution in [0.4, 0.5) is 0 Å². The van der Waals surface area contributed by atoms with Gasteiger partial charge in [-0.2, -0.15) is 0 Å². The maximum absolute atomic E-state index is 2.86. The van der Waals surface area contributed by atoms with Crippen molar-refractivity contribution in [3.63, 3.8) is 0 Å². The van der Waals surface area contributed by atoms with Gasteiger partial charge in [-0.25, -0.2) is 0 Å². The van der Waals surface area contributed by atoms with Crippen LogP contribution in [0.2, 0.25) is 98.2 Å². The van der Waals surface area contributed by atoms with Crippen molar-refractivity contribution >= 4 is 51.5 Å². The molecule has 0 aliphatic heterocycles. The molecule has 0 rings (SSSR count). The molecule has 0 spiro atoms. The quantitative estimate of drug-likeness (QED) is 0.455. The van der Waals surface area contributed by atoms with Crippen LogP contribution < -0.4 is 0 Å². The molecule has 22 heavy (non-hydrogen) atoms. The maximum atomic E-state index is 2.86. The van der Waals surface area contributed by atoms with E-state index in [0.717, 1.165) is 0 Å². The predicted octanol–water partition coefficient (Wildman–Crippen LogP) is 6.09. The minimum Gasteiger partial charge on any atom is -0.258 e. The van der Waals surface area contributed by atoms with E-state index in [9.17, 15) is 0 Å². The minimum atomic E-state index is -1.09. The zero-order valence-electron chi connectivity index (χ0n) is 18.5. The Bertz CT molecular complexity index is 330. The molecule has 0 radical (unpaired) electrons. The van der Waals surface area contributed by atoms with Gasteiger partial charge < -0.3 is 0 Å². The van der Waals surface area contributed by atoms with Gasteiger partial charge in [-0.3, -0.25) is 7.35 Å². The van der Waals surface area contributed by atoms with Gasteiger partial charge in [0.2, 0.25) is 0 Å². The molecule has 0 amide bonds. The molecule has 7 heteroatoms. The summed E-state index contributed by atoms with van der Waals surface area (Å²) in [5.41, 5.74) is 0. The van der Waals surface area contributed by atoms with Gasteiger partial charge in [0.1, 0.15) is 0 Å². The third-order valence-electron chi connectivity index (χ3n) is 7.50. The van der Waals surface area contributed by atoms with Crippen molar-refractivity contribution in [2.75, 3.05) is 0 Å². The molecule has 0 aromatic heterocycles. The van der Waals surface area contributed by atoms with Gasteiger partial charge in [0.05, 0.1) is 0 Å². The van der Waals surface area contributed by atoms with Crippen molar-refractivity contribution in [1.82, 2.24) is 0 Å². The predicted molar refractivity (Wildman–Crippen MR) is 128 cm³/mol. The first-order valence-electron chi connectivity index (χ1n) is 9.00. The van der Waals surface area contributed by atoms with Gasteiger partial charge in [-0.05, 0) is 0 Å². The SMILES string of the molecule is C[Si](C)(C)[Si](C)(C)[Si-]([Si](C)(C)[Si](C)(C)C)[Si](C)(C)[Si](C)(C)C. The summed E-state index contributed by atoms with van der Waals surface area (Å²) in [5, 5.41) is 0. The second kappa shape index (κ2) is 6.35. The van der Waals surface area contributed by atoms with Crippen LogP contribution in [0.25, 0.3) is 0 Å². The molecule has 0 saturated heterocycles. The van der Waals surface area contributed by atoms with Crippen LogP contribution in [0.1, 0.15) is 0 Å². The molecule has 0 saturated carbocycles. The van der Waals surface area contributed by atoms with Crippen molar-refractivity contribution in [1.29, 1.82) is 0 Å². The molecular weight excluding hydrogens is 377 g/mol. The number of rotatable bonds is 6. The highest BCUT2D eigenvalue weighted by molar-refractivity contribution is 8.04. The van der Waals surface area contributed by atoms with Crippen LogP contribution in [0.15, 0.2) is 0 Å². The highest BCUT2D eigenvalue weighted by Crippen LogP contribution is 2.39. The Morgan fingerprint density at radius 1 is 0.318 bits per heavy atom. The van der Waals surface area contributed by atoms with E-state index in [0.29, 0.717) is 0 Å². The Hall–Kier alpha value is 1.52. The lowest BCUT2D eigenvalue weighted by Gasteiger charge is -2.72. The Balaban J connectivity index is 6.53. The van der Waals surface area contributed by atoms with E-state index in [1.165, 1.54) is 0 Å². The summed E-state index contributed by atoms with van der Waals surface area (Å²) in [4.78, 5) is 0. The second-order valence-electron chi connectivity index (χ2n) is 12.0. The van der Waals surface area contributed by atoms with E-state index in [4.69, 9.17) is 0 Å². The summed E-state index contributed by atoms with van der Waals surface area (Å²) in [7, 11) is -6.50. The van der Waals surface area contributed by atoms with Gasteiger partial charge >= 0.3 is 0 Å². The lowest BCUT2D eigenvalue weighted by Crippen LogP contribution is -2.88. The van der Waals surface area contributed by atoms with E-state index in [1.807, 2.05) is 0 Å². The Labute approximate surface area is 149 Å². The molecule has 134 valence electrons. The molecule has 0 unspecified atom stereocenters. The van der Waals surface area contributed by atoms with Gasteiger partial charge in [0.15, 0.2) is 0 Å². The summed E-state index contributed by atoms with van der Waals surface area (Å²) >= 11 is 0. The van der Waals surface area contributed by atoms with Crippen LogP contribution in [-0.4, -0.2) is 51.5 Å². The van der Waals surface area contributed by atoms with E-state index in [2.05, 4.69) is 98.2 Å². The van der Waals surface area contributed by atoms with Gasteiger partial charge in [-0.15, -0.1) is 21.3 Å². The fourth-order valence-corrected chi connectivity index (χ4v) is 215.